The minimum atomic E-state index is -0.743. The zero-order chi connectivity index (χ0) is 12.6. The van der Waals surface area contributed by atoms with Gasteiger partial charge >= 0.3 is 0 Å². The van der Waals surface area contributed by atoms with E-state index in [-0.39, 0.29) is 11.5 Å². The molecule has 94 valence electrons. The average molecular weight is 258 g/mol. The molecule has 17 heavy (non-hydrogen) atoms. The Morgan fingerprint density at radius 1 is 1.47 bits per heavy atom. The van der Waals surface area contributed by atoms with Crippen molar-refractivity contribution in [3.05, 3.63) is 34.1 Å². The smallest absolute Gasteiger partial charge is 0.132 e. The van der Waals surface area contributed by atoms with Gasteiger partial charge in [0.05, 0.1) is 12.1 Å². The molecule has 2 rings (SSSR count). The number of aliphatic hydroxyl groups excluding tert-OH is 1. The summed E-state index contributed by atoms with van der Waals surface area (Å²) < 4.78 is 14.0. The zero-order valence-corrected chi connectivity index (χ0v) is 10.5. The largest absolute Gasteiger partial charge is 0.391 e. The summed E-state index contributed by atoms with van der Waals surface area (Å²) >= 11 is 5.98. The van der Waals surface area contributed by atoms with E-state index < -0.39 is 18.0 Å². The van der Waals surface area contributed by atoms with Crippen LogP contribution < -0.4 is 5.73 Å². The predicted octanol–water partition coefficient (Wildman–Crippen LogP) is 2.95. The predicted molar refractivity (Wildman–Crippen MR) is 66.4 cm³/mol. The van der Waals surface area contributed by atoms with Crippen LogP contribution in [0.3, 0.4) is 0 Å². The quantitative estimate of drug-likeness (QED) is 0.875. The Kier molecular flexibility index (Phi) is 3.71. The molecule has 2 atom stereocenters. The van der Waals surface area contributed by atoms with E-state index in [1.165, 1.54) is 0 Å². The Labute approximate surface area is 106 Å². The van der Waals surface area contributed by atoms with Crippen molar-refractivity contribution in [2.75, 3.05) is 0 Å². The maximum atomic E-state index is 14.0. The highest BCUT2D eigenvalue weighted by Crippen LogP contribution is 2.37. The molecule has 0 aliphatic heterocycles. The fourth-order valence-corrected chi connectivity index (χ4v) is 2.50. The van der Waals surface area contributed by atoms with Crippen LogP contribution in [0.2, 0.25) is 5.02 Å². The maximum absolute atomic E-state index is 14.0. The number of halogens is 2. The Morgan fingerprint density at radius 3 is 2.65 bits per heavy atom. The third-order valence-electron chi connectivity index (χ3n) is 3.65. The number of benzene rings is 1. The SMILES string of the molecule is Cc1ccc(Cl)c([C@@H](N)[C@@H](O)C2CCC2)c1F. The van der Waals surface area contributed by atoms with Crippen molar-refractivity contribution in [1.82, 2.24) is 0 Å². The van der Waals surface area contributed by atoms with Gasteiger partial charge in [-0.3, -0.25) is 0 Å². The van der Waals surface area contributed by atoms with Gasteiger partial charge in [0.2, 0.25) is 0 Å². The third kappa shape index (κ3) is 2.32. The van der Waals surface area contributed by atoms with Gasteiger partial charge in [-0.2, -0.15) is 0 Å². The standard InChI is InChI=1S/C13H17ClFNO/c1-7-5-6-9(14)10(11(7)15)12(16)13(17)8-3-2-4-8/h5-6,8,12-13,17H,2-4,16H2,1H3/t12-,13+/m1/s1. The zero-order valence-electron chi connectivity index (χ0n) is 9.79. The van der Waals surface area contributed by atoms with E-state index in [4.69, 9.17) is 17.3 Å². The molecule has 2 nitrogen and oxygen atoms in total. The summed E-state index contributed by atoms with van der Waals surface area (Å²) in [7, 11) is 0. The van der Waals surface area contributed by atoms with Crippen molar-refractivity contribution in [2.45, 2.75) is 38.3 Å². The monoisotopic (exact) mass is 257 g/mol. The fourth-order valence-electron chi connectivity index (χ4n) is 2.23. The van der Waals surface area contributed by atoms with Crippen LogP contribution in [-0.2, 0) is 0 Å². The summed E-state index contributed by atoms with van der Waals surface area (Å²) in [6.45, 7) is 1.66. The highest BCUT2D eigenvalue weighted by molar-refractivity contribution is 6.31. The molecule has 1 aliphatic rings. The van der Waals surface area contributed by atoms with Crippen molar-refractivity contribution < 1.29 is 9.50 Å². The van der Waals surface area contributed by atoms with Gasteiger partial charge in [0.15, 0.2) is 0 Å². The van der Waals surface area contributed by atoms with Crippen LogP contribution in [-0.4, -0.2) is 11.2 Å². The third-order valence-corrected chi connectivity index (χ3v) is 3.98. The number of aryl methyl sites for hydroxylation is 1. The molecular formula is C13H17ClFNO. The highest BCUT2D eigenvalue weighted by Gasteiger charge is 2.33. The van der Waals surface area contributed by atoms with Gasteiger partial charge in [0.1, 0.15) is 5.82 Å². The van der Waals surface area contributed by atoms with Crippen molar-refractivity contribution in [3.8, 4) is 0 Å². The van der Waals surface area contributed by atoms with Crippen LogP contribution in [0.4, 0.5) is 4.39 Å². The lowest BCUT2D eigenvalue weighted by Crippen LogP contribution is -2.37. The molecule has 1 aromatic rings. The highest BCUT2D eigenvalue weighted by atomic mass is 35.5. The first-order chi connectivity index (χ1) is 8.02. The van der Waals surface area contributed by atoms with Crippen LogP contribution in [0.25, 0.3) is 0 Å². The minimum absolute atomic E-state index is 0.181. The summed E-state index contributed by atoms with van der Waals surface area (Å²) in [5.41, 5.74) is 6.69. The summed E-state index contributed by atoms with van der Waals surface area (Å²) in [5.74, 6) is -0.218. The van der Waals surface area contributed by atoms with Gasteiger partial charge in [-0.15, -0.1) is 0 Å². The molecule has 3 N–H and O–H groups in total. The first-order valence-electron chi connectivity index (χ1n) is 5.90. The van der Waals surface area contributed by atoms with Gasteiger partial charge in [-0.05, 0) is 37.3 Å². The van der Waals surface area contributed by atoms with Crippen LogP contribution in [0, 0.1) is 18.7 Å². The fraction of sp³-hybridized carbons (Fsp3) is 0.538. The molecule has 1 fully saturated rings. The molecule has 0 heterocycles. The lowest BCUT2D eigenvalue weighted by atomic mass is 9.77. The van der Waals surface area contributed by atoms with Crippen LogP contribution in [0.15, 0.2) is 12.1 Å². The molecule has 0 radical (unpaired) electrons. The maximum Gasteiger partial charge on any atom is 0.132 e. The topological polar surface area (TPSA) is 46.2 Å². The Balaban J connectivity index is 2.29. The average Bonchev–Trinajstić information content (AvgIpc) is 2.21. The Morgan fingerprint density at radius 2 is 2.12 bits per heavy atom. The van der Waals surface area contributed by atoms with Gasteiger partial charge in [-0.1, -0.05) is 24.1 Å². The van der Waals surface area contributed by atoms with E-state index in [2.05, 4.69) is 0 Å². The van der Waals surface area contributed by atoms with E-state index in [1.54, 1.807) is 19.1 Å². The Bertz CT molecular complexity index is 420. The van der Waals surface area contributed by atoms with Crippen molar-refractivity contribution >= 4 is 11.6 Å². The first-order valence-corrected chi connectivity index (χ1v) is 6.28. The summed E-state index contributed by atoms with van der Waals surface area (Å²) in [6.07, 6.45) is 2.32. The molecule has 0 unspecified atom stereocenters. The van der Waals surface area contributed by atoms with Gasteiger partial charge in [0, 0.05) is 10.6 Å². The minimum Gasteiger partial charge on any atom is -0.391 e. The lowest BCUT2D eigenvalue weighted by molar-refractivity contribution is 0.0405. The van der Waals surface area contributed by atoms with Crippen molar-refractivity contribution in [3.63, 3.8) is 0 Å². The molecule has 1 saturated carbocycles. The second-order valence-corrected chi connectivity index (χ2v) is 5.21. The lowest BCUT2D eigenvalue weighted by Gasteiger charge is -2.34. The number of aliphatic hydroxyl groups is 1. The van der Waals surface area contributed by atoms with Crippen molar-refractivity contribution in [1.29, 1.82) is 0 Å². The molecule has 0 saturated heterocycles. The van der Waals surface area contributed by atoms with E-state index in [0.29, 0.717) is 10.6 Å². The van der Waals surface area contributed by atoms with E-state index in [9.17, 15) is 9.50 Å². The normalized spacial score (nSPS) is 19.8. The van der Waals surface area contributed by atoms with E-state index >= 15 is 0 Å². The summed E-state index contributed by atoms with van der Waals surface area (Å²) in [4.78, 5) is 0. The van der Waals surface area contributed by atoms with Gasteiger partial charge < -0.3 is 10.8 Å². The molecule has 1 aromatic carbocycles. The second kappa shape index (κ2) is 4.92. The van der Waals surface area contributed by atoms with Gasteiger partial charge in [0.25, 0.3) is 0 Å². The summed E-state index contributed by atoms with van der Waals surface area (Å²) in [5, 5.41) is 10.4. The van der Waals surface area contributed by atoms with Crippen LogP contribution in [0.1, 0.15) is 36.4 Å². The molecule has 0 spiro atoms. The Hall–Kier alpha value is -0.640. The summed E-state index contributed by atoms with van der Waals surface area (Å²) in [6, 6.07) is 2.50. The van der Waals surface area contributed by atoms with Crippen molar-refractivity contribution in [2.24, 2.45) is 11.7 Å². The first kappa shape index (κ1) is 12.8. The number of hydrogen-bond acceptors (Lipinski definition) is 2. The van der Waals surface area contributed by atoms with E-state index in [0.717, 1.165) is 19.3 Å². The molecule has 0 aromatic heterocycles. The molecule has 0 bridgehead atoms. The van der Waals surface area contributed by atoms with Gasteiger partial charge in [-0.25, -0.2) is 4.39 Å². The molecule has 4 heteroatoms. The molecular weight excluding hydrogens is 241 g/mol. The number of nitrogens with two attached hydrogens (primary N) is 1. The number of rotatable bonds is 3. The van der Waals surface area contributed by atoms with Crippen LogP contribution in [0.5, 0.6) is 0 Å². The molecule has 0 amide bonds. The van der Waals surface area contributed by atoms with Crippen LogP contribution >= 0.6 is 11.6 Å². The van der Waals surface area contributed by atoms with E-state index in [1.807, 2.05) is 0 Å². The second-order valence-electron chi connectivity index (χ2n) is 4.80. The number of hydrogen-bond donors (Lipinski definition) is 2. The molecule has 1 aliphatic carbocycles.